The minimum atomic E-state index is 0.242. The van der Waals surface area contributed by atoms with Crippen molar-refractivity contribution in [2.45, 2.75) is 20.8 Å². The van der Waals surface area contributed by atoms with Crippen LogP contribution in [0.4, 0.5) is 5.69 Å². The second-order valence-electron chi connectivity index (χ2n) is 6.69. The van der Waals surface area contributed by atoms with Gasteiger partial charge in [0.15, 0.2) is 11.5 Å². The Morgan fingerprint density at radius 1 is 1.14 bits per heavy atom. The minimum absolute atomic E-state index is 0.242. The number of nitrogens with zero attached hydrogens (tertiary/aromatic N) is 2. The molecular weight excluding hydrogens is 370 g/mol. The fourth-order valence-corrected chi connectivity index (χ4v) is 4.07. The number of aryl methyl sites for hydroxylation is 3. The fraction of sp³-hybridized carbons (Fsp3) is 0.182. The molecule has 0 radical (unpaired) electrons. The highest BCUT2D eigenvalue weighted by molar-refractivity contribution is 7.11. The van der Waals surface area contributed by atoms with Crippen molar-refractivity contribution >= 4 is 22.6 Å². The Morgan fingerprint density at radius 2 is 1.89 bits per heavy atom. The van der Waals surface area contributed by atoms with Gasteiger partial charge in [0.1, 0.15) is 16.6 Å². The first-order chi connectivity index (χ1) is 13.5. The lowest BCUT2D eigenvalue weighted by atomic mass is 10.1. The SMILES string of the molecule is Cc1cc(C)c(N/C=C(/C#N)c2nc(-c3ccc4c(c3)OCO4)cs2)c(C)c1. The highest BCUT2D eigenvalue weighted by atomic mass is 32.1. The van der Waals surface area contributed by atoms with Gasteiger partial charge in [0, 0.05) is 22.8 Å². The van der Waals surface area contributed by atoms with Crippen LogP contribution in [0.3, 0.4) is 0 Å². The van der Waals surface area contributed by atoms with Crippen LogP contribution in [0.5, 0.6) is 11.5 Å². The van der Waals surface area contributed by atoms with Crippen molar-refractivity contribution in [3.8, 4) is 28.8 Å². The van der Waals surface area contributed by atoms with Crippen LogP contribution in [0.2, 0.25) is 0 Å². The molecule has 6 heteroatoms. The average Bonchev–Trinajstić information content (AvgIpc) is 3.32. The topological polar surface area (TPSA) is 67.2 Å². The zero-order valence-electron chi connectivity index (χ0n) is 15.9. The number of hydrogen-bond acceptors (Lipinski definition) is 6. The van der Waals surface area contributed by atoms with Gasteiger partial charge in [-0.1, -0.05) is 17.7 Å². The molecule has 2 aromatic carbocycles. The zero-order chi connectivity index (χ0) is 19.7. The molecule has 0 unspecified atom stereocenters. The molecule has 3 aromatic rings. The predicted octanol–water partition coefficient (Wildman–Crippen LogP) is 5.44. The maximum absolute atomic E-state index is 9.62. The normalized spacial score (nSPS) is 12.7. The van der Waals surface area contributed by atoms with E-state index in [1.165, 1.54) is 16.9 Å². The molecule has 1 aliphatic rings. The summed E-state index contributed by atoms with van der Waals surface area (Å²) in [4.78, 5) is 4.64. The Bertz CT molecular complexity index is 1100. The molecule has 28 heavy (non-hydrogen) atoms. The molecule has 1 aromatic heterocycles. The number of rotatable bonds is 4. The van der Waals surface area contributed by atoms with Crippen molar-refractivity contribution in [3.05, 3.63) is 63.6 Å². The van der Waals surface area contributed by atoms with Crippen LogP contribution >= 0.6 is 11.3 Å². The molecule has 0 bridgehead atoms. The maximum atomic E-state index is 9.62. The van der Waals surface area contributed by atoms with Crippen LogP contribution in [0.25, 0.3) is 16.8 Å². The summed E-state index contributed by atoms with van der Waals surface area (Å²) in [6.07, 6.45) is 1.73. The lowest BCUT2D eigenvalue weighted by Gasteiger charge is -2.11. The molecule has 0 saturated carbocycles. The molecular formula is C22H19N3O2S. The lowest BCUT2D eigenvalue weighted by molar-refractivity contribution is 0.174. The molecule has 1 aliphatic heterocycles. The number of thiazole rings is 1. The number of allylic oxidation sites excluding steroid dienone is 1. The number of nitrogens with one attached hydrogen (secondary N) is 1. The van der Waals surface area contributed by atoms with Crippen molar-refractivity contribution in [3.63, 3.8) is 0 Å². The largest absolute Gasteiger partial charge is 0.454 e. The monoisotopic (exact) mass is 389 g/mol. The van der Waals surface area contributed by atoms with E-state index in [2.05, 4.69) is 49.3 Å². The molecule has 0 aliphatic carbocycles. The fourth-order valence-electron chi connectivity index (χ4n) is 3.28. The van der Waals surface area contributed by atoms with Crippen molar-refractivity contribution in [2.75, 3.05) is 12.1 Å². The van der Waals surface area contributed by atoms with Gasteiger partial charge in [-0.05, 0) is 50.1 Å². The molecule has 5 nitrogen and oxygen atoms in total. The van der Waals surface area contributed by atoms with Crippen LogP contribution < -0.4 is 14.8 Å². The van der Waals surface area contributed by atoms with Crippen LogP contribution in [0.1, 0.15) is 21.7 Å². The van der Waals surface area contributed by atoms with Gasteiger partial charge in [-0.15, -0.1) is 11.3 Å². The van der Waals surface area contributed by atoms with Crippen LogP contribution in [0.15, 0.2) is 41.9 Å². The number of ether oxygens (including phenoxy) is 2. The summed E-state index contributed by atoms with van der Waals surface area (Å²) in [5.74, 6) is 1.46. The number of aromatic nitrogens is 1. The third kappa shape index (κ3) is 3.45. The third-order valence-corrected chi connectivity index (χ3v) is 5.44. The first-order valence-corrected chi connectivity index (χ1v) is 9.73. The smallest absolute Gasteiger partial charge is 0.231 e. The van der Waals surface area contributed by atoms with Gasteiger partial charge >= 0.3 is 0 Å². The van der Waals surface area contributed by atoms with E-state index in [1.54, 1.807) is 6.20 Å². The summed E-state index contributed by atoms with van der Waals surface area (Å²) in [7, 11) is 0. The van der Waals surface area contributed by atoms with E-state index in [9.17, 15) is 5.26 Å². The van der Waals surface area contributed by atoms with Crippen LogP contribution in [-0.2, 0) is 0 Å². The Morgan fingerprint density at radius 3 is 2.64 bits per heavy atom. The highest BCUT2D eigenvalue weighted by Gasteiger charge is 2.16. The first kappa shape index (κ1) is 18.1. The predicted molar refractivity (Wildman–Crippen MR) is 112 cm³/mol. The molecule has 2 heterocycles. The standard InChI is InChI=1S/C22H19N3O2S/c1-13-6-14(2)21(15(3)7-13)24-10-17(9-23)22-25-18(11-28-22)16-4-5-19-20(8-16)27-12-26-19/h4-8,10-11,24H,12H2,1-3H3/b17-10-. The Hall–Kier alpha value is -3.30. The number of anilines is 1. The molecule has 140 valence electrons. The van der Waals surface area contributed by atoms with Crippen LogP contribution in [-0.4, -0.2) is 11.8 Å². The molecule has 0 atom stereocenters. The average molecular weight is 389 g/mol. The van der Waals surface area contributed by atoms with E-state index in [1.807, 2.05) is 23.6 Å². The van der Waals surface area contributed by atoms with Crippen molar-refractivity contribution in [1.82, 2.24) is 4.98 Å². The number of hydrogen-bond donors (Lipinski definition) is 1. The van der Waals surface area contributed by atoms with Gasteiger partial charge in [0.2, 0.25) is 6.79 Å². The zero-order valence-corrected chi connectivity index (χ0v) is 16.7. The van der Waals surface area contributed by atoms with E-state index in [4.69, 9.17) is 9.47 Å². The molecule has 0 amide bonds. The van der Waals surface area contributed by atoms with Gasteiger partial charge < -0.3 is 14.8 Å². The van der Waals surface area contributed by atoms with Gasteiger partial charge in [-0.2, -0.15) is 5.26 Å². The van der Waals surface area contributed by atoms with Gasteiger partial charge in [-0.25, -0.2) is 4.98 Å². The van der Waals surface area contributed by atoms with Gasteiger partial charge in [-0.3, -0.25) is 0 Å². The molecule has 1 N–H and O–H groups in total. The van der Waals surface area contributed by atoms with Crippen molar-refractivity contribution in [1.29, 1.82) is 5.26 Å². The molecule has 0 spiro atoms. The summed E-state index contributed by atoms with van der Waals surface area (Å²) in [6.45, 7) is 6.44. The lowest BCUT2D eigenvalue weighted by Crippen LogP contribution is -1.97. The van der Waals surface area contributed by atoms with Crippen molar-refractivity contribution < 1.29 is 9.47 Å². The highest BCUT2D eigenvalue weighted by Crippen LogP contribution is 2.36. The van der Waals surface area contributed by atoms with Gasteiger partial charge in [0.05, 0.1) is 5.69 Å². The second kappa shape index (κ2) is 7.37. The minimum Gasteiger partial charge on any atom is -0.454 e. The maximum Gasteiger partial charge on any atom is 0.231 e. The first-order valence-electron chi connectivity index (χ1n) is 8.86. The van der Waals surface area contributed by atoms with E-state index < -0.39 is 0 Å². The Kier molecular flexibility index (Phi) is 4.76. The Labute approximate surface area is 167 Å². The quantitative estimate of drug-likeness (QED) is 0.602. The second-order valence-corrected chi connectivity index (χ2v) is 7.55. The number of benzene rings is 2. The van der Waals surface area contributed by atoms with Crippen molar-refractivity contribution in [2.24, 2.45) is 0 Å². The van der Waals surface area contributed by atoms with Gasteiger partial charge in [0.25, 0.3) is 0 Å². The summed E-state index contributed by atoms with van der Waals surface area (Å²) in [5.41, 5.74) is 6.77. The van der Waals surface area contributed by atoms with E-state index >= 15 is 0 Å². The van der Waals surface area contributed by atoms with E-state index in [0.717, 1.165) is 39.6 Å². The van der Waals surface area contributed by atoms with E-state index in [-0.39, 0.29) is 6.79 Å². The molecule has 4 rings (SSSR count). The third-order valence-electron chi connectivity index (χ3n) is 4.56. The summed E-state index contributed by atoms with van der Waals surface area (Å²) >= 11 is 1.44. The number of fused-ring (bicyclic) bond motifs is 1. The summed E-state index contributed by atoms with van der Waals surface area (Å²) in [6, 6.07) is 12.2. The molecule has 0 fully saturated rings. The molecule has 0 saturated heterocycles. The number of nitriles is 1. The summed E-state index contributed by atoms with van der Waals surface area (Å²) < 4.78 is 10.8. The van der Waals surface area contributed by atoms with Crippen LogP contribution in [0, 0.1) is 32.1 Å². The Balaban J connectivity index is 1.60. The summed E-state index contributed by atoms with van der Waals surface area (Å²) in [5, 5.41) is 15.5. The van der Waals surface area contributed by atoms with E-state index in [0.29, 0.717) is 10.6 Å².